The van der Waals surface area contributed by atoms with E-state index in [-0.39, 0.29) is 35.8 Å². The minimum Gasteiger partial charge on any atom is -0.477 e. The average Bonchev–Trinajstić information content (AvgIpc) is 2.89. The lowest BCUT2D eigenvalue weighted by molar-refractivity contribution is -0.683. The zero-order valence-corrected chi connectivity index (χ0v) is 19.1. The quantitative estimate of drug-likeness (QED) is 0.280. The van der Waals surface area contributed by atoms with E-state index in [4.69, 9.17) is 10.2 Å². The first-order valence-electron chi connectivity index (χ1n) is 11.0. The van der Waals surface area contributed by atoms with Crippen molar-refractivity contribution in [2.75, 3.05) is 0 Å². The molecule has 2 aromatic carbocycles. The van der Waals surface area contributed by atoms with Gasteiger partial charge in [0.05, 0.1) is 0 Å². The van der Waals surface area contributed by atoms with Crippen LogP contribution in [0.1, 0.15) is 41.4 Å². The van der Waals surface area contributed by atoms with Gasteiger partial charge in [-0.05, 0) is 23.3 Å². The number of rotatable bonds is 9. The van der Waals surface area contributed by atoms with Crippen molar-refractivity contribution >= 4 is 23.5 Å². The standard InChI is InChI=1S/C28H20N2O6/c31-25(17-29-13-1-3-23(15-29)27(33)34)21-9-5-19(6-10-21)20-7-11-22(12-8-20)26(32)18-30-14-2-4-24(16-30)28(35)36/h1-16H,17-18H2/p+2. The summed E-state index contributed by atoms with van der Waals surface area (Å²) >= 11 is 0. The lowest BCUT2D eigenvalue weighted by Gasteiger charge is -2.05. The van der Waals surface area contributed by atoms with Gasteiger partial charge in [0.15, 0.2) is 24.8 Å². The fraction of sp³-hybridized carbons (Fsp3) is 0.0714. The maximum Gasteiger partial charge on any atom is 0.341 e. The van der Waals surface area contributed by atoms with Crippen LogP contribution in [0.4, 0.5) is 0 Å². The van der Waals surface area contributed by atoms with Gasteiger partial charge in [-0.25, -0.2) is 9.59 Å². The molecular weight excluding hydrogens is 460 g/mol. The lowest BCUT2D eigenvalue weighted by atomic mass is 10.00. The van der Waals surface area contributed by atoms with Gasteiger partial charge in [-0.3, -0.25) is 9.59 Å². The zero-order valence-electron chi connectivity index (χ0n) is 19.1. The SMILES string of the molecule is O=C(O)c1ccc[n+](CC(=O)c2ccc(-c3ccc(C(=O)C[n+]4cccc(C(=O)O)c4)cc3)cc2)c1. The van der Waals surface area contributed by atoms with Crippen molar-refractivity contribution in [3.63, 3.8) is 0 Å². The molecule has 8 nitrogen and oxygen atoms in total. The number of ketones is 2. The smallest absolute Gasteiger partial charge is 0.341 e. The lowest BCUT2D eigenvalue weighted by Crippen LogP contribution is -2.38. The number of aromatic nitrogens is 2. The summed E-state index contributed by atoms with van der Waals surface area (Å²) in [6, 6.07) is 20.2. The molecule has 2 N–H and O–H groups in total. The topological polar surface area (TPSA) is 116 Å². The molecule has 0 bridgehead atoms. The Morgan fingerprint density at radius 2 is 0.889 bits per heavy atom. The summed E-state index contributed by atoms with van der Waals surface area (Å²) in [4.78, 5) is 47.5. The number of pyridine rings is 2. The Hall–Kier alpha value is -4.98. The molecule has 0 saturated heterocycles. The third-order valence-corrected chi connectivity index (χ3v) is 5.61. The van der Waals surface area contributed by atoms with E-state index in [0.717, 1.165) is 11.1 Å². The molecule has 0 aliphatic rings. The van der Waals surface area contributed by atoms with Crippen LogP contribution in [0.15, 0.2) is 97.6 Å². The van der Waals surface area contributed by atoms with Crippen molar-refractivity contribution < 1.29 is 38.5 Å². The van der Waals surface area contributed by atoms with E-state index in [1.165, 1.54) is 33.7 Å². The van der Waals surface area contributed by atoms with Crippen LogP contribution in [-0.4, -0.2) is 33.7 Å². The maximum atomic E-state index is 12.6. The highest BCUT2D eigenvalue weighted by atomic mass is 16.4. The van der Waals surface area contributed by atoms with E-state index < -0.39 is 11.9 Å². The number of nitrogens with zero attached hydrogens (tertiary/aromatic N) is 2. The number of hydrogen-bond donors (Lipinski definition) is 2. The number of benzene rings is 2. The van der Waals surface area contributed by atoms with Gasteiger partial charge >= 0.3 is 11.9 Å². The van der Waals surface area contributed by atoms with Gasteiger partial charge in [0.1, 0.15) is 11.1 Å². The number of carboxylic acid groups (broad SMARTS) is 2. The molecular formula is C28H22N2O6+2. The fourth-order valence-electron chi connectivity index (χ4n) is 3.71. The van der Waals surface area contributed by atoms with Gasteiger partial charge in [-0.1, -0.05) is 48.5 Å². The Balaban J connectivity index is 1.42. The molecule has 8 heteroatoms. The molecule has 0 unspecified atom stereocenters. The van der Waals surface area contributed by atoms with E-state index in [0.29, 0.717) is 11.1 Å². The Bertz CT molecular complexity index is 1350. The Kier molecular flexibility index (Phi) is 7.06. The van der Waals surface area contributed by atoms with Crippen LogP contribution in [-0.2, 0) is 13.1 Å². The third-order valence-electron chi connectivity index (χ3n) is 5.61. The highest BCUT2D eigenvalue weighted by Gasteiger charge is 2.16. The fourth-order valence-corrected chi connectivity index (χ4v) is 3.71. The van der Waals surface area contributed by atoms with Gasteiger partial charge in [0.2, 0.25) is 24.7 Å². The molecule has 178 valence electrons. The summed E-state index contributed by atoms with van der Waals surface area (Å²) in [5.74, 6) is -2.42. The Morgan fingerprint density at radius 1 is 0.528 bits per heavy atom. The number of Topliss-reactive ketones (excluding diaryl/α,β-unsaturated/α-hetero) is 2. The second-order valence-corrected chi connectivity index (χ2v) is 8.14. The largest absolute Gasteiger partial charge is 0.477 e. The van der Waals surface area contributed by atoms with Crippen LogP contribution in [0.2, 0.25) is 0 Å². The van der Waals surface area contributed by atoms with Crippen molar-refractivity contribution in [2.45, 2.75) is 13.1 Å². The maximum absolute atomic E-state index is 12.6. The van der Waals surface area contributed by atoms with Gasteiger partial charge in [-0.2, -0.15) is 9.13 Å². The van der Waals surface area contributed by atoms with Crippen LogP contribution < -0.4 is 9.13 Å². The molecule has 0 aliphatic carbocycles. The summed E-state index contributed by atoms with van der Waals surface area (Å²) in [5, 5.41) is 18.2. The number of carbonyl (C=O) groups excluding carboxylic acids is 2. The number of aromatic carboxylic acids is 2. The Labute approximate surface area is 206 Å². The highest BCUT2D eigenvalue weighted by molar-refractivity contribution is 5.96. The van der Waals surface area contributed by atoms with E-state index in [2.05, 4.69) is 0 Å². The van der Waals surface area contributed by atoms with Crippen LogP contribution in [0.5, 0.6) is 0 Å². The summed E-state index contributed by atoms with van der Waals surface area (Å²) < 4.78 is 3.07. The van der Waals surface area contributed by atoms with Crippen molar-refractivity contribution in [1.82, 2.24) is 0 Å². The first-order valence-corrected chi connectivity index (χ1v) is 11.0. The van der Waals surface area contributed by atoms with Crippen LogP contribution in [0.3, 0.4) is 0 Å². The first kappa shape index (κ1) is 24.2. The molecule has 4 aromatic rings. The monoisotopic (exact) mass is 482 g/mol. The van der Waals surface area contributed by atoms with Crippen molar-refractivity contribution in [3.8, 4) is 11.1 Å². The van der Waals surface area contributed by atoms with Gasteiger partial charge < -0.3 is 10.2 Å². The molecule has 0 spiro atoms. The summed E-state index contributed by atoms with van der Waals surface area (Å²) in [5.41, 5.74) is 2.95. The Morgan fingerprint density at radius 3 is 1.22 bits per heavy atom. The van der Waals surface area contributed by atoms with Gasteiger partial charge in [0.25, 0.3) is 0 Å². The predicted molar refractivity (Wildman–Crippen MR) is 128 cm³/mol. The van der Waals surface area contributed by atoms with Gasteiger partial charge in [-0.15, -0.1) is 0 Å². The van der Waals surface area contributed by atoms with E-state index >= 15 is 0 Å². The van der Waals surface area contributed by atoms with Crippen molar-refractivity contribution in [3.05, 3.63) is 120 Å². The molecule has 2 aromatic heterocycles. The van der Waals surface area contributed by atoms with E-state index in [1.807, 2.05) is 24.3 Å². The number of carboxylic acids is 2. The van der Waals surface area contributed by atoms with Gasteiger partial charge in [0, 0.05) is 23.3 Å². The summed E-state index contributed by atoms with van der Waals surface area (Å²) in [7, 11) is 0. The van der Waals surface area contributed by atoms with Crippen molar-refractivity contribution in [1.29, 1.82) is 0 Å². The second-order valence-electron chi connectivity index (χ2n) is 8.14. The minimum absolute atomic E-state index is 0.0185. The zero-order chi connectivity index (χ0) is 25.7. The van der Waals surface area contributed by atoms with E-state index in [9.17, 15) is 19.2 Å². The van der Waals surface area contributed by atoms with Crippen LogP contribution in [0.25, 0.3) is 11.1 Å². The van der Waals surface area contributed by atoms with E-state index in [1.54, 1.807) is 48.8 Å². The molecule has 36 heavy (non-hydrogen) atoms. The molecule has 0 atom stereocenters. The molecule has 0 saturated carbocycles. The third kappa shape index (κ3) is 5.74. The molecule has 4 rings (SSSR count). The highest BCUT2D eigenvalue weighted by Crippen LogP contribution is 2.21. The first-order chi connectivity index (χ1) is 17.3. The van der Waals surface area contributed by atoms with Crippen LogP contribution >= 0.6 is 0 Å². The normalized spacial score (nSPS) is 10.6. The molecule has 0 aliphatic heterocycles. The summed E-state index contributed by atoms with van der Waals surface area (Å²) in [6.07, 6.45) is 6.11. The average molecular weight is 482 g/mol. The molecule has 0 radical (unpaired) electrons. The molecule has 0 amide bonds. The molecule has 0 fully saturated rings. The second kappa shape index (κ2) is 10.5. The number of carbonyl (C=O) groups is 4. The van der Waals surface area contributed by atoms with Crippen LogP contribution in [0, 0.1) is 0 Å². The molecule has 2 heterocycles. The number of hydrogen-bond acceptors (Lipinski definition) is 4. The minimum atomic E-state index is -1.06. The van der Waals surface area contributed by atoms with Crippen molar-refractivity contribution in [2.24, 2.45) is 0 Å². The summed E-state index contributed by atoms with van der Waals surface area (Å²) in [6.45, 7) is 0.0370. The predicted octanol–water partition coefficient (Wildman–Crippen LogP) is 3.09.